The van der Waals surface area contributed by atoms with E-state index in [1.165, 1.54) is 5.69 Å². The average Bonchev–Trinajstić information content (AvgIpc) is 2.14. The third kappa shape index (κ3) is 2.95. The zero-order valence-electron chi connectivity index (χ0n) is 9.33. The van der Waals surface area contributed by atoms with E-state index in [4.69, 9.17) is 5.73 Å². The second kappa shape index (κ2) is 4.89. The van der Waals surface area contributed by atoms with Crippen molar-refractivity contribution in [3.05, 3.63) is 24.3 Å². The summed E-state index contributed by atoms with van der Waals surface area (Å²) in [4.78, 5) is 2.35. The molecule has 0 atom stereocenters. The van der Waals surface area contributed by atoms with Gasteiger partial charge in [-0.05, 0) is 31.0 Å². The number of benzene rings is 1. The highest BCUT2D eigenvalue weighted by Crippen LogP contribution is 2.18. The normalized spacial score (nSPS) is 10.6. The van der Waals surface area contributed by atoms with E-state index in [0.29, 0.717) is 5.92 Å². The Morgan fingerprint density at radius 2 is 2.07 bits per heavy atom. The Labute approximate surface area is 86.7 Å². The van der Waals surface area contributed by atoms with E-state index < -0.39 is 0 Å². The maximum atomic E-state index is 5.76. The van der Waals surface area contributed by atoms with Crippen LogP contribution in [0.3, 0.4) is 0 Å². The number of hydrogen-bond acceptors (Lipinski definition) is 2. The molecule has 0 spiro atoms. The Morgan fingerprint density at radius 1 is 1.36 bits per heavy atom. The summed E-state index contributed by atoms with van der Waals surface area (Å²) in [5, 5.41) is 0. The van der Waals surface area contributed by atoms with Crippen molar-refractivity contribution in [1.82, 2.24) is 0 Å². The van der Waals surface area contributed by atoms with Gasteiger partial charge in [0.25, 0.3) is 0 Å². The van der Waals surface area contributed by atoms with E-state index in [-0.39, 0.29) is 0 Å². The van der Waals surface area contributed by atoms with E-state index in [0.717, 1.165) is 18.8 Å². The molecule has 2 heteroatoms. The van der Waals surface area contributed by atoms with Gasteiger partial charge >= 0.3 is 0 Å². The fourth-order valence-corrected chi connectivity index (χ4v) is 1.58. The van der Waals surface area contributed by atoms with E-state index in [1.54, 1.807) is 0 Å². The molecule has 0 aliphatic rings. The largest absolute Gasteiger partial charge is 0.399 e. The van der Waals surface area contributed by atoms with Gasteiger partial charge in [0.15, 0.2) is 0 Å². The molecule has 0 radical (unpaired) electrons. The summed E-state index contributed by atoms with van der Waals surface area (Å²) in [5.74, 6) is 0.677. The van der Waals surface area contributed by atoms with Crippen molar-refractivity contribution in [2.24, 2.45) is 5.92 Å². The quantitative estimate of drug-likeness (QED) is 0.743. The number of nitrogen functional groups attached to an aromatic ring is 1. The standard InChI is InChI=1S/C12H20N2/c1-4-14(9-10(2)3)12-7-5-6-11(13)8-12/h5-8,10H,4,9,13H2,1-3H3. The van der Waals surface area contributed by atoms with Gasteiger partial charge in [-0.15, -0.1) is 0 Å². The number of anilines is 2. The summed E-state index contributed by atoms with van der Waals surface area (Å²) in [7, 11) is 0. The van der Waals surface area contributed by atoms with Gasteiger partial charge in [0, 0.05) is 24.5 Å². The molecule has 78 valence electrons. The zero-order valence-corrected chi connectivity index (χ0v) is 9.33. The molecule has 2 nitrogen and oxygen atoms in total. The molecule has 0 amide bonds. The lowest BCUT2D eigenvalue weighted by Gasteiger charge is -2.25. The van der Waals surface area contributed by atoms with Crippen molar-refractivity contribution in [1.29, 1.82) is 0 Å². The van der Waals surface area contributed by atoms with Crippen LogP contribution in [0.1, 0.15) is 20.8 Å². The summed E-state index contributed by atoms with van der Waals surface area (Å²) in [6.45, 7) is 8.75. The first-order chi connectivity index (χ1) is 6.63. The fraction of sp³-hybridized carbons (Fsp3) is 0.500. The van der Waals surface area contributed by atoms with Crippen LogP contribution in [-0.2, 0) is 0 Å². The molecule has 0 fully saturated rings. The molecule has 0 saturated heterocycles. The van der Waals surface area contributed by atoms with Gasteiger partial charge in [0.05, 0.1) is 0 Å². The van der Waals surface area contributed by atoms with Gasteiger partial charge in [0.2, 0.25) is 0 Å². The Balaban J connectivity index is 2.78. The summed E-state index contributed by atoms with van der Waals surface area (Å²) in [6.07, 6.45) is 0. The average molecular weight is 192 g/mol. The first kappa shape index (κ1) is 10.9. The van der Waals surface area contributed by atoms with Crippen LogP contribution in [0.25, 0.3) is 0 Å². The highest BCUT2D eigenvalue weighted by Gasteiger charge is 2.05. The van der Waals surface area contributed by atoms with Crippen molar-refractivity contribution in [3.8, 4) is 0 Å². The second-order valence-corrected chi connectivity index (χ2v) is 4.03. The molecule has 0 heterocycles. The van der Waals surface area contributed by atoms with Crippen LogP contribution in [0, 0.1) is 5.92 Å². The SMILES string of the molecule is CCN(CC(C)C)c1cccc(N)c1. The van der Waals surface area contributed by atoms with Gasteiger partial charge in [-0.2, -0.15) is 0 Å². The van der Waals surface area contributed by atoms with E-state index in [1.807, 2.05) is 18.2 Å². The molecule has 0 aliphatic heterocycles. The van der Waals surface area contributed by atoms with Crippen LogP contribution in [0.2, 0.25) is 0 Å². The number of nitrogens with zero attached hydrogens (tertiary/aromatic N) is 1. The van der Waals surface area contributed by atoms with Gasteiger partial charge in [-0.1, -0.05) is 19.9 Å². The van der Waals surface area contributed by atoms with Gasteiger partial charge in [0.1, 0.15) is 0 Å². The summed E-state index contributed by atoms with van der Waals surface area (Å²) >= 11 is 0. The first-order valence-corrected chi connectivity index (χ1v) is 5.24. The number of nitrogens with two attached hydrogens (primary N) is 1. The van der Waals surface area contributed by atoms with Gasteiger partial charge < -0.3 is 10.6 Å². The topological polar surface area (TPSA) is 29.3 Å². The maximum absolute atomic E-state index is 5.76. The van der Waals surface area contributed by atoms with Crippen LogP contribution in [0.5, 0.6) is 0 Å². The Hall–Kier alpha value is -1.18. The van der Waals surface area contributed by atoms with Crippen LogP contribution in [0.15, 0.2) is 24.3 Å². The molecule has 1 aromatic carbocycles. The monoisotopic (exact) mass is 192 g/mol. The van der Waals surface area contributed by atoms with Crippen LogP contribution in [-0.4, -0.2) is 13.1 Å². The fourth-order valence-electron chi connectivity index (χ4n) is 1.58. The number of rotatable bonds is 4. The lowest BCUT2D eigenvalue weighted by Crippen LogP contribution is -2.27. The maximum Gasteiger partial charge on any atom is 0.0386 e. The van der Waals surface area contributed by atoms with Gasteiger partial charge in [-0.25, -0.2) is 0 Å². The summed E-state index contributed by atoms with van der Waals surface area (Å²) in [5.41, 5.74) is 7.82. The Kier molecular flexibility index (Phi) is 3.81. The molecular formula is C12H20N2. The molecule has 0 unspecified atom stereocenters. The molecular weight excluding hydrogens is 172 g/mol. The van der Waals surface area contributed by atoms with Crippen molar-refractivity contribution in [2.45, 2.75) is 20.8 Å². The third-order valence-corrected chi connectivity index (χ3v) is 2.20. The molecule has 0 aliphatic carbocycles. The van der Waals surface area contributed by atoms with E-state index in [2.05, 4.69) is 31.7 Å². The molecule has 0 saturated carbocycles. The van der Waals surface area contributed by atoms with Crippen molar-refractivity contribution in [2.75, 3.05) is 23.7 Å². The summed E-state index contributed by atoms with van der Waals surface area (Å²) in [6, 6.07) is 8.08. The molecule has 0 bridgehead atoms. The van der Waals surface area contributed by atoms with E-state index >= 15 is 0 Å². The summed E-state index contributed by atoms with van der Waals surface area (Å²) < 4.78 is 0. The second-order valence-electron chi connectivity index (χ2n) is 4.03. The van der Waals surface area contributed by atoms with Crippen LogP contribution in [0.4, 0.5) is 11.4 Å². The molecule has 0 aromatic heterocycles. The smallest absolute Gasteiger partial charge is 0.0386 e. The zero-order chi connectivity index (χ0) is 10.6. The van der Waals surface area contributed by atoms with E-state index in [9.17, 15) is 0 Å². The minimum atomic E-state index is 0.677. The highest BCUT2D eigenvalue weighted by atomic mass is 15.1. The highest BCUT2D eigenvalue weighted by molar-refractivity contribution is 5.55. The lowest BCUT2D eigenvalue weighted by molar-refractivity contribution is 0.619. The predicted molar refractivity (Wildman–Crippen MR) is 63.6 cm³/mol. The Morgan fingerprint density at radius 3 is 2.57 bits per heavy atom. The number of hydrogen-bond donors (Lipinski definition) is 1. The molecule has 2 N–H and O–H groups in total. The van der Waals surface area contributed by atoms with Crippen molar-refractivity contribution >= 4 is 11.4 Å². The van der Waals surface area contributed by atoms with Crippen molar-refractivity contribution in [3.63, 3.8) is 0 Å². The predicted octanol–water partition coefficient (Wildman–Crippen LogP) is 2.75. The lowest BCUT2D eigenvalue weighted by atomic mass is 10.2. The van der Waals surface area contributed by atoms with Crippen LogP contribution >= 0.6 is 0 Å². The minimum Gasteiger partial charge on any atom is -0.399 e. The van der Waals surface area contributed by atoms with Crippen LogP contribution < -0.4 is 10.6 Å². The molecule has 1 rings (SSSR count). The first-order valence-electron chi connectivity index (χ1n) is 5.24. The molecule has 1 aromatic rings. The third-order valence-electron chi connectivity index (χ3n) is 2.20. The van der Waals surface area contributed by atoms with Crippen molar-refractivity contribution < 1.29 is 0 Å². The molecule has 14 heavy (non-hydrogen) atoms. The minimum absolute atomic E-state index is 0.677. The Bertz CT molecular complexity index is 281. The van der Waals surface area contributed by atoms with Gasteiger partial charge in [-0.3, -0.25) is 0 Å².